The van der Waals surface area contributed by atoms with Gasteiger partial charge in [-0.25, -0.2) is 4.79 Å². The normalized spacial score (nSPS) is 10.4. The minimum absolute atomic E-state index is 0.0922. The molecule has 0 bridgehead atoms. The van der Waals surface area contributed by atoms with Gasteiger partial charge in [-0.1, -0.05) is 41.4 Å². The number of methoxy groups -OCH3 is 1. The lowest BCUT2D eigenvalue weighted by Gasteiger charge is -2.10. The van der Waals surface area contributed by atoms with Gasteiger partial charge in [0.25, 0.3) is 0 Å². The maximum Gasteiger partial charge on any atom is 0.338 e. The third kappa shape index (κ3) is 5.13. The topological polar surface area (TPSA) is 44.8 Å². The van der Waals surface area contributed by atoms with Gasteiger partial charge in [0.05, 0.1) is 22.2 Å². The zero-order valence-corrected chi connectivity index (χ0v) is 14.1. The van der Waals surface area contributed by atoms with Crippen molar-refractivity contribution in [2.75, 3.05) is 20.3 Å². The number of esters is 1. The van der Waals surface area contributed by atoms with Gasteiger partial charge in [0.2, 0.25) is 0 Å². The monoisotopic (exact) mass is 354 g/mol. The molecule has 0 amide bonds. The number of benzene rings is 2. The molecule has 0 heterocycles. The molecule has 0 atom stereocenters. The molecule has 4 nitrogen and oxygen atoms in total. The molecule has 0 N–H and O–H groups in total. The molecular formula is C17H16Cl2O4. The van der Waals surface area contributed by atoms with Crippen LogP contribution in [0.5, 0.6) is 5.75 Å². The summed E-state index contributed by atoms with van der Waals surface area (Å²) in [5.41, 5.74) is 1.37. The molecule has 2 aromatic carbocycles. The molecule has 0 aliphatic rings. The first-order chi connectivity index (χ1) is 11.1. The summed E-state index contributed by atoms with van der Waals surface area (Å²) in [5, 5.41) is 0.826. The van der Waals surface area contributed by atoms with E-state index in [4.69, 9.17) is 37.4 Å². The molecule has 122 valence electrons. The molecule has 0 aromatic heterocycles. The number of hydrogen-bond donors (Lipinski definition) is 0. The van der Waals surface area contributed by atoms with Crippen molar-refractivity contribution in [1.29, 1.82) is 0 Å². The lowest BCUT2D eigenvalue weighted by Crippen LogP contribution is -2.13. The van der Waals surface area contributed by atoms with Crippen molar-refractivity contribution in [3.05, 3.63) is 63.6 Å². The van der Waals surface area contributed by atoms with E-state index >= 15 is 0 Å². The Balaban J connectivity index is 1.84. The molecule has 0 fully saturated rings. The summed E-state index contributed by atoms with van der Waals surface area (Å²) in [6.45, 7) is 0.692. The van der Waals surface area contributed by atoms with Crippen LogP contribution in [0.25, 0.3) is 0 Å². The Morgan fingerprint density at radius 3 is 2.43 bits per heavy atom. The Morgan fingerprint density at radius 1 is 1.04 bits per heavy atom. The van der Waals surface area contributed by atoms with E-state index in [0.717, 1.165) is 5.56 Å². The zero-order chi connectivity index (χ0) is 16.7. The van der Waals surface area contributed by atoms with E-state index in [9.17, 15) is 4.79 Å². The van der Waals surface area contributed by atoms with Crippen molar-refractivity contribution in [3.63, 3.8) is 0 Å². The predicted octanol–water partition coefficient (Wildman–Crippen LogP) is 4.38. The van der Waals surface area contributed by atoms with Crippen molar-refractivity contribution in [3.8, 4) is 5.75 Å². The molecule has 0 aliphatic carbocycles. The molecule has 23 heavy (non-hydrogen) atoms. The van der Waals surface area contributed by atoms with Crippen LogP contribution in [-0.4, -0.2) is 26.3 Å². The summed E-state index contributed by atoms with van der Waals surface area (Å²) >= 11 is 12.0. The predicted molar refractivity (Wildman–Crippen MR) is 89.4 cm³/mol. The van der Waals surface area contributed by atoms with E-state index in [1.165, 1.54) is 0 Å². The molecular weight excluding hydrogens is 339 g/mol. The van der Waals surface area contributed by atoms with E-state index in [-0.39, 0.29) is 13.2 Å². The number of ether oxygens (including phenoxy) is 3. The maximum atomic E-state index is 12.0. The van der Waals surface area contributed by atoms with Crippen molar-refractivity contribution >= 4 is 29.2 Å². The minimum Gasteiger partial charge on any atom is -0.487 e. The van der Waals surface area contributed by atoms with Gasteiger partial charge in [-0.2, -0.15) is 0 Å². The van der Waals surface area contributed by atoms with Gasteiger partial charge < -0.3 is 14.2 Å². The molecule has 0 saturated heterocycles. The average molecular weight is 355 g/mol. The Labute approximate surface area is 144 Å². The second kappa shape index (κ2) is 8.77. The number of halogens is 2. The quantitative estimate of drug-likeness (QED) is 0.546. The third-order valence-corrected chi connectivity index (χ3v) is 3.55. The van der Waals surface area contributed by atoms with Gasteiger partial charge in [0, 0.05) is 7.11 Å². The molecule has 0 unspecified atom stereocenters. The Hall–Kier alpha value is -1.75. The van der Waals surface area contributed by atoms with Crippen LogP contribution in [0.1, 0.15) is 15.9 Å². The number of carbonyl (C=O) groups is 1. The number of hydrogen-bond acceptors (Lipinski definition) is 4. The van der Waals surface area contributed by atoms with E-state index in [2.05, 4.69) is 0 Å². The summed E-state index contributed by atoms with van der Waals surface area (Å²) in [6, 6.07) is 12.2. The highest BCUT2D eigenvalue weighted by atomic mass is 35.5. The molecule has 0 saturated carbocycles. The first kappa shape index (κ1) is 17.6. The molecule has 2 aromatic rings. The zero-order valence-electron chi connectivity index (χ0n) is 12.6. The van der Waals surface area contributed by atoms with Gasteiger partial charge in [-0.05, 0) is 29.8 Å². The summed E-state index contributed by atoms with van der Waals surface area (Å²) < 4.78 is 15.7. The van der Waals surface area contributed by atoms with Crippen LogP contribution in [0.15, 0.2) is 42.5 Å². The summed E-state index contributed by atoms with van der Waals surface area (Å²) in [4.78, 5) is 12.0. The minimum atomic E-state index is -0.420. The van der Waals surface area contributed by atoms with E-state index in [1.54, 1.807) is 43.5 Å². The fourth-order valence-electron chi connectivity index (χ4n) is 1.94. The highest BCUT2D eigenvalue weighted by Crippen LogP contribution is 2.32. The van der Waals surface area contributed by atoms with E-state index in [0.29, 0.717) is 28.0 Å². The fourth-order valence-corrected chi connectivity index (χ4v) is 2.44. The third-order valence-electron chi connectivity index (χ3n) is 2.96. The number of rotatable bonds is 7. The summed E-state index contributed by atoms with van der Waals surface area (Å²) in [6.07, 6.45) is 0. The van der Waals surface area contributed by atoms with Crippen molar-refractivity contribution in [2.24, 2.45) is 0 Å². The first-order valence-corrected chi connectivity index (χ1v) is 7.69. The van der Waals surface area contributed by atoms with Gasteiger partial charge in [0.1, 0.15) is 13.2 Å². The van der Waals surface area contributed by atoms with Crippen LogP contribution in [0.2, 0.25) is 10.0 Å². The lowest BCUT2D eigenvalue weighted by atomic mass is 10.1. The van der Waals surface area contributed by atoms with E-state index < -0.39 is 5.97 Å². The van der Waals surface area contributed by atoms with Crippen LogP contribution in [0.3, 0.4) is 0 Å². The average Bonchev–Trinajstić information content (AvgIpc) is 2.54. The lowest BCUT2D eigenvalue weighted by molar-refractivity contribution is 0.0450. The van der Waals surface area contributed by atoms with Crippen LogP contribution in [-0.2, 0) is 16.1 Å². The van der Waals surface area contributed by atoms with E-state index in [1.807, 2.05) is 6.07 Å². The second-order valence-corrected chi connectivity index (χ2v) is 5.48. The summed E-state index contributed by atoms with van der Waals surface area (Å²) in [7, 11) is 1.60. The molecule has 0 radical (unpaired) electrons. The fraction of sp³-hybridized carbons (Fsp3) is 0.235. The van der Waals surface area contributed by atoms with Gasteiger partial charge >= 0.3 is 5.97 Å². The molecule has 0 spiro atoms. The molecule has 6 heteroatoms. The number of carbonyl (C=O) groups excluding carboxylic acids is 1. The molecule has 2 rings (SSSR count). The SMILES string of the molecule is COCc1cccc(C(=O)OCCOc2c(Cl)cccc2Cl)c1. The number of para-hydroxylation sites is 1. The van der Waals surface area contributed by atoms with Gasteiger partial charge in [-0.3, -0.25) is 0 Å². The van der Waals surface area contributed by atoms with Crippen LogP contribution < -0.4 is 4.74 Å². The highest BCUT2D eigenvalue weighted by molar-refractivity contribution is 6.37. The van der Waals surface area contributed by atoms with Crippen LogP contribution >= 0.6 is 23.2 Å². The van der Waals surface area contributed by atoms with Crippen molar-refractivity contribution < 1.29 is 19.0 Å². The Bertz CT molecular complexity index is 653. The second-order valence-electron chi connectivity index (χ2n) is 4.67. The van der Waals surface area contributed by atoms with Crippen molar-refractivity contribution in [2.45, 2.75) is 6.61 Å². The van der Waals surface area contributed by atoms with Crippen LogP contribution in [0.4, 0.5) is 0 Å². The highest BCUT2D eigenvalue weighted by Gasteiger charge is 2.09. The largest absolute Gasteiger partial charge is 0.487 e. The maximum absolute atomic E-state index is 12.0. The Morgan fingerprint density at radius 2 is 1.74 bits per heavy atom. The van der Waals surface area contributed by atoms with Gasteiger partial charge in [-0.15, -0.1) is 0 Å². The van der Waals surface area contributed by atoms with Crippen LogP contribution in [0, 0.1) is 0 Å². The first-order valence-electron chi connectivity index (χ1n) is 6.93. The van der Waals surface area contributed by atoms with Crippen molar-refractivity contribution in [1.82, 2.24) is 0 Å². The smallest absolute Gasteiger partial charge is 0.338 e. The standard InChI is InChI=1S/C17H16Cl2O4/c1-21-11-12-4-2-5-13(10-12)17(20)23-9-8-22-16-14(18)6-3-7-15(16)19/h2-7,10H,8-9,11H2,1H3. The molecule has 0 aliphatic heterocycles. The van der Waals surface area contributed by atoms with Gasteiger partial charge in [0.15, 0.2) is 5.75 Å². The Kier molecular flexibility index (Phi) is 6.71. The summed E-state index contributed by atoms with van der Waals surface area (Å²) in [5.74, 6) is -0.0363.